The largest absolute Gasteiger partial charge is 0.315 e. The number of fused-ring (bicyclic) bond motifs is 1. The number of carbonyl (C=O) groups is 2. The van der Waals surface area contributed by atoms with E-state index in [2.05, 4.69) is 16.4 Å². The van der Waals surface area contributed by atoms with Crippen LogP contribution in [0.1, 0.15) is 53.7 Å². The number of nitrogens with one attached hydrogen (secondary N) is 1. The van der Waals surface area contributed by atoms with Gasteiger partial charge in [0.25, 0.3) is 5.91 Å². The van der Waals surface area contributed by atoms with E-state index in [9.17, 15) is 9.59 Å². The molecule has 8 heteroatoms. The van der Waals surface area contributed by atoms with E-state index in [1.54, 1.807) is 35.4 Å². The number of pyridine rings is 1. The van der Waals surface area contributed by atoms with Gasteiger partial charge in [-0.2, -0.15) is 5.26 Å². The van der Waals surface area contributed by atoms with Crippen molar-refractivity contribution in [2.75, 3.05) is 17.3 Å². The number of rotatable bonds is 7. The molecule has 0 saturated heterocycles. The summed E-state index contributed by atoms with van der Waals surface area (Å²) in [6, 6.07) is 20.1. The highest BCUT2D eigenvalue weighted by molar-refractivity contribution is 6.04. The quantitative estimate of drug-likeness (QED) is 0.364. The lowest BCUT2D eigenvalue weighted by Gasteiger charge is -2.26. The molecule has 1 aliphatic rings. The maximum absolute atomic E-state index is 13.1. The van der Waals surface area contributed by atoms with Crippen LogP contribution in [0.3, 0.4) is 0 Å². The van der Waals surface area contributed by atoms with Crippen LogP contribution in [0.4, 0.5) is 11.6 Å². The summed E-state index contributed by atoms with van der Waals surface area (Å²) in [5.41, 5.74) is 4.20. The second kappa shape index (κ2) is 11.3. The lowest BCUT2D eigenvalue weighted by atomic mass is 9.88. The number of aryl methyl sites for hydroxylation is 2. The summed E-state index contributed by atoms with van der Waals surface area (Å²) in [6.07, 6.45) is 7.72. The van der Waals surface area contributed by atoms with Gasteiger partial charge >= 0.3 is 0 Å². The number of hydrogen-bond acceptors (Lipinski definition) is 5. The van der Waals surface area contributed by atoms with Crippen molar-refractivity contribution in [1.82, 2.24) is 14.5 Å². The van der Waals surface area contributed by atoms with Gasteiger partial charge in [-0.1, -0.05) is 25.3 Å². The predicted molar refractivity (Wildman–Crippen MR) is 147 cm³/mol. The van der Waals surface area contributed by atoms with Crippen LogP contribution in [0.2, 0.25) is 0 Å². The highest BCUT2D eigenvalue weighted by Crippen LogP contribution is 2.29. The van der Waals surface area contributed by atoms with Crippen molar-refractivity contribution in [2.45, 2.75) is 45.1 Å². The van der Waals surface area contributed by atoms with Gasteiger partial charge in [-0.15, -0.1) is 0 Å². The first-order valence-corrected chi connectivity index (χ1v) is 13.0. The van der Waals surface area contributed by atoms with Crippen LogP contribution < -0.4 is 10.2 Å². The Hall–Kier alpha value is -4.51. The van der Waals surface area contributed by atoms with Crippen LogP contribution in [-0.2, 0) is 17.8 Å². The molecule has 1 N–H and O–H groups in total. The standard InChI is InChI=1S/C30H30N6O2/c1-35(29(38)23-7-3-2-4-8-23)25-14-15-27-26(19-25)33-30(36(27)18-16-24-9-5-6-17-32-24)34-28(37)22-12-10-21(20-31)11-13-22/h5-6,9-15,17,19,23H,2-4,7-8,16,18H2,1H3,(H,33,34,37). The third kappa shape index (κ3) is 5.42. The number of anilines is 2. The van der Waals surface area contributed by atoms with Crippen molar-refractivity contribution >= 4 is 34.5 Å². The molecule has 1 saturated carbocycles. The van der Waals surface area contributed by atoms with Gasteiger partial charge in [0.1, 0.15) is 0 Å². The molecule has 2 aromatic carbocycles. The SMILES string of the molecule is CN(C(=O)C1CCCCC1)c1ccc2c(c1)nc(NC(=O)c1ccc(C#N)cc1)n2CCc1ccccn1. The molecular weight excluding hydrogens is 476 g/mol. The van der Waals surface area contributed by atoms with E-state index in [0.717, 1.165) is 42.6 Å². The van der Waals surface area contributed by atoms with Gasteiger partial charge < -0.3 is 9.47 Å². The Labute approximate surface area is 221 Å². The van der Waals surface area contributed by atoms with E-state index in [0.29, 0.717) is 35.6 Å². The molecule has 0 radical (unpaired) electrons. The summed E-state index contributed by atoms with van der Waals surface area (Å²) in [5, 5.41) is 12.0. The average molecular weight is 507 g/mol. The Morgan fingerprint density at radius 1 is 1.08 bits per heavy atom. The fourth-order valence-corrected chi connectivity index (χ4v) is 5.04. The van der Waals surface area contributed by atoms with Crippen molar-refractivity contribution in [2.24, 2.45) is 5.92 Å². The first kappa shape index (κ1) is 25.2. The Balaban J connectivity index is 1.44. The third-order valence-electron chi connectivity index (χ3n) is 7.22. The zero-order valence-electron chi connectivity index (χ0n) is 21.4. The number of benzene rings is 2. The summed E-state index contributed by atoms with van der Waals surface area (Å²) < 4.78 is 1.97. The molecule has 0 unspecified atom stereocenters. The topological polar surface area (TPSA) is 104 Å². The van der Waals surface area contributed by atoms with Crippen LogP contribution in [-0.4, -0.2) is 33.4 Å². The minimum Gasteiger partial charge on any atom is -0.315 e. The first-order chi connectivity index (χ1) is 18.5. The molecule has 0 atom stereocenters. The molecule has 192 valence electrons. The van der Waals surface area contributed by atoms with Crippen molar-refractivity contribution in [3.63, 3.8) is 0 Å². The normalized spacial score (nSPS) is 13.7. The van der Waals surface area contributed by atoms with Crippen LogP contribution >= 0.6 is 0 Å². The Morgan fingerprint density at radius 3 is 2.58 bits per heavy atom. The van der Waals surface area contributed by atoms with Gasteiger partial charge in [-0.3, -0.25) is 19.9 Å². The molecule has 2 amide bonds. The molecule has 8 nitrogen and oxygen atoms in total. The van der Waals surface area contributed by atoms with E-state index in [1.165, 1.54) is 6.42 Å². The molecule has 1 fully saturated rings. The number of imidazole rings is 1. The fourth-order valence-electron chi connectivity index (χ4n) is 5.04. The number of carbonyl (C=O) groups excluding carboxylic acids is 2. The Morgan fingerprint density at radius 2 is 1.87 bits per heavy atom. The van der Waals surface area contributed by atoms with E-state index in [4.69, 9.17) is 10.2 Å². The molecule has 4 aromatic rings. The number of amides is 2. The summed E-state index contributed by atoms with van der Waals surface area (Å²) >= 11 is 0. The van der Waals surface area contributed by atoms with Crippen molar-refractivity contribution in [3.8, 4) is 6.07 Å². The summed E-state index contributed by atoms with van der Waals surface area (Å²) in [5.74, 6) is 0.327. The number of aromatic nitrogens is 3. The van der Waals surface area contributed by atoms with E-state index < -0.39 is 0 Å². The van der Waals surface area contributed by atoms with Gasteiger partial charge in [-0.05, 0) is 67.4 Å². The fraction of sp³-hybridized carbons (Fsp3) is 0.300. The molecule has 2 heterocycles. The number of nitriles is 1. The smallest absolute Gasteiger partial charge is 0.257 e. The summed E-state index contributed by atoms with van der Waals surface area (Å²) in [7, 11) is 1.82. The van der Waals surface area contributed by atoms with Gasteiger partial charge in [0.05, 0.1) is 22.7 Å². The zero-order valence-corrected chi connectivity index (χ0v) is 21.4. The second-order valence-corrected chi connectivity index (χ2v) is 9.71. The minimum atomic E-state index is -0.311. The Kier molecular flexibility index (Phi) is 7.45. The van der Waals surface area contributed by atoms with Crippen LogP contribution in [0, 0.1) is 17.2 Å². The molecule has 1 aliphatic carbocycles. The predicted octanol–water partition coefficient (Wildman–Crippen LogP) is 5.34. The zero-order chi connectivity index (χ0) is 26.5. The number of hydrogen-bond donors (Lipinski definition) is 1. The van der Waals surface area contributed by atoms with Crippen LogP contribution in [0.25, 0.3) is 11.0 Å². The van der Waals surface area contributed by atoms with Crippen LogP contribution in [0.5, 0.6) is 0 Å². The third-order valence-corrected chi connectivity index (χ3v) is 7.22. The second-order valence-electron chi connectivity index (χ2n) is 9.71. The monoisotopic (exact) mass is 506 g/mol. The average Bonchev–Trinajstić information content (AvgIpc) is 3.32. The van der Waals surface area contributed by atoms with E-state index in [1.807, 2.05) is 48.0 Å². The van der Waals surface area contributed by atoms with Gasteiger partial charge in [0.2, 0.25) is 11.9 Å². The highest BCUT2D eigenvalue weighted by atomic mass is 16.2. The van der Waals surface area contributed by atoms with Crippen molar-refractivity contribution in [1.29, 1.82) is 5.26 Å². The van der Waals surface area contributed by atoms with Crippen molar-refractivity contribution in [3.05, 3.63) is 83.7 Å². The van der Waals surface area contributed by atoms with Crippen molar-refractivity contribution < 1.29 is 9.59 Å². The first-order valence-electron chi connectivity index (χ1n) is 13.0. The molecular formula is C30H30N6O2. The molecule has 0 aliphatic heterocycles. The maximum atomic E-state index is 13.1. The highest BCUT2D eigenvalue weighted by Gasteiger charge is 2.25. The van der Waals surface area contributed by atoms with E-state index >= 15 is 0 Å². The van der Waals surface area contributed by atoms with Gasteiger partial charge in [0, 0.05) is 49.1 Å². The summed E-state index contributed by atoms with van der Waals surface area (Å²) in [4.78, 5) is 37.1. The maximum Gasteiger partial charge on any atom is 0.257 e. The molecule has 0 bridgehead atoms. The van der Waals surface area contributed by atoms with Gasteiger partial charge in [0.15, 0.2) is 0 Å². The van der Waals surface area contributed by atoms with Gasteiger partial charge in [-0.25, -0.2) is 4.98 Å². The number of nitrogens with zero attached hydrogens (tertiary/aromatic N) is 5. The minimum absolute atomic E-state index is 0.0719. The molecule has 38 heavy (non-hydrogen) atoms. The van der Waals surface area contributed by atoms with Crippen LogP contribution in [0.15, 0.2) is 66.9 Å². The lowest BCUT2D eigenvalue weighted by molar-refractivity contribution is -0.123. The lowest BCUT2D eigenvalue weighted by Crippen LogP contribution is -2.33. The summed E-state index contributed by atoms with van der Waals surface area (Å²) in [6.45, 7) is 0.562. The molecule has 0 spiro atoms. The molecule has 2 aromatic heterocycles. The molecule has 5 rings (SSSR count). The Bertz CT molecular complexity index is 1480. The van der Waals surface area contributed by atoms with E-state index in [-0.39, 0.29) is 17.7 Å².